The molecule has 3 aromatic rings. The molecule has 0 spiro atoms. The molecule has 0 aliphatic heterocycles. The molecule has 2 heterocycles. The zero-order valence-electron chi connectivity index (χ0n) is 14.4. The van der Waals surface area contributed by atoms with Gasteiger partial charge in [0.15, 0.2) is 11.5 Å². The summed E-state index contributed by atoms with van der Waals surface area (Å²) < 4.78 is 56.3. The Morgan fingerprint density at radius 3 is 2.71 bits per heavy atom. The van der Waals surface area contributed by atoms with Crippen LogP contribution in [0.2, 0.25) is 0 Å². The normalized spacial score (nSPS) is 11.7. The van der Waals surface area contributed by atoms with Gasteiger partial charge in [-0.1, -0.05) is 6.92 Å². The number of hydrogen-bond acceptors (Lipinski definition) is 5. The summed E-state index contributed by atoms with van der Waals surface area (Å²) in [7, 11) is -3.95. The lowest BCUT2D eigenvalue weighted by molar-refractivity contribution is 0.0992. The van der Waals surface area contributed by atoms with E-state index in [1.54, 1.807) is 6.92 Å². The number of nitrogens with zero attached hydrogens (tertiary/aromatic N) is 2. The Labute approximate surface area is 166 Å². The van der Waals surface area contributed by atoms with Crippen molar-refractivity contribution in [1.82, 2.24) is 15.2 Å². The van der Waals surface area contributed by atoms with Crippen molar-refractivity contribution in [2.75, 3.05) is 10.5 Å². The maximum absolute atomic E-state index is 14.9. The molecule has 1 aromatic carbocycles. The van der Waals surface area contributed by atoms with Gasteiger partial charge in [-0.2, -0.15) is 5.10 Å². The Bertz CT molecular complexity index is 1200. The predicted molar refractivity (Wildman–Crippen MR) is 103 cm³/mol. The average molecular weight is 474 g/mol. The van der Waals surface area contributed by atoms with E-state index in [4.69, 9.17) is 5.73 Å². The Morgan fingerprint density at radius 2 is 2.07 bits per heavy atom. The van der Waals surface area contributed by atoms with Gasteiger partial charge in [0.2, 0.25) is 10.0 Å². The highest BCUT2D eigenvalue weighted by Gasteiger charge is 2.26. The topological polar surface area (TPSA) is 131 Å². The van der Waals surface area contributed by atoms with Gasteiger partial charge in [0.25, 0.3) is 5.91 Å². The van der Waals surface area contributed by atoms with E-state index < -0.39 is 38.8 Å². The second-order valence-corrected chi connectivity index (χ2v) is 8.52. The molecule has 2 aromatic heterocycles. The second kappa shape index (κ2) is 7.43. The van der Waals surface area contributed by atoms with E-state index in [0.29, 0.717) is 15.6 Å². The van der Waals surface area contributed by atoms with Crippen LogP contribution in [0.25, 0.3) is 22.2 Å². The van der Waals surface area contributed by atoms with E-state index in [2.05, 4.69) is 35.8 Å². The minimum Gasteiger partial charge on any atom is -0.365 e. The number of sulfonamides is 1. The molecule has 0 aliphatic rings. The van der Waals surface area contributed by atoms with Gasteiger partial charge in [0.1, 0.15) is 16.0 Å². The van der Waals surface area contributed by atoms with Crippen LogP contribution in [0.15, 0.2) is 22.9 Å². The standard InChI is InChI=1S/C16H14BrF2N5O3S/c1-2-3-28(26,27)24-13-8(5-10(18)11(12(13)19)15(20)25)7-4-9-14(17)22-23-16(9)21-6-7/h4-6,24H,2-3H2,1H3,(H2,20,25)(H,21,22,23). The molecule has 4 N–H and O–H groups in total. The number of aromatic amines is 1. The van der Waals surface area contributed by atoms with E-state index >= 15 is 0 Å². The van der Waals surface area contributed by atoms with Gasteiger partial charge in [-0.15, -0.1) is 0 Å². The van der Waals surface area contributed by atoms with Crippen molar-refractivity contribution in [3.63, 3.8) is 0 Å². The third-order valence-electron chi connectivity index (χ3n) is 3.87. The molecule has 148 valence electrons. The molecule has 1 amide bonds. The summed E-state index contributed by atoms with van der Waals surface area (Å²) in [4.78, 5) is 15.5. The molecule has 0 saturated carbocycles. The first-order valence-corrected chi connectivity index (χ1v) is 10.4. The van der Waals surface area contributed by atoms with Crippen LogP contribution in [0.5, 0.6) is 0 Å². The number of hydrogen-bond donors (Lipinski definition) is 3. The highest BCUT2D eigenvalue weighted by atomic mass is 79.9. The number of carbonyl (C=O) groups is 1. The number of rotatable bonds is 6. The maximum Gasteiger partial charge on any atom is 0.254 e. The van der Waals surface area contributed by atoms with Crippen molar-refractivity contribution < 1.29 is 22.0 Å². The van der Waals surface area contributed by atoms with Gasteiger partial charge < -0.3 is 5.73 Å². The zero-order chi connectivity index (χ0) is 20.6. The van der Waals surface area contributed by atoms with Crippen LogP contribution in [0.3, 0.4) is 0 Å². The first-order chi connectivity index (χ1) is 13.1. The number of nitrogens with two attached hydrogens (primary N) is 1. The number of pyridine rings is 1. The molecule has 12 heteroatoms. The van der Waals surface area contributed by atoms with Crippen LogP contribution in [-0.4, -0.2) is 35.3 Å². The lowest BCUT2D eigenvalue weighted by Crippen LogP contribution is -2.21. The van der Waals surface area contributed by atoms with Crippen molar-refractivity contribution in [1.29, 1.82) is 0 Å². The fourth-order valence-corrected chi connectivity index (χ4v) is 4.20. The number of amides is 1. The molecule has 28 heavy (non-hydrogen) atoms. The third kappa shape index (κ3) is 3.69. The van der Waals surface area contributed by atoms with E-state index in [0.717, 1.165) is 6.07 Å². The predicted octanol–water partition coefficient (Wildman–Crippen LogP) is 2.92. The molecular formula is C16H14BrF2N5O3S. The highest BCUT2D eigenvalue weighted by Crippen LogP contribution is 2.36. The maximum atomic E-state index is 14.9. The minimum absolute atomic E-state index is 0.137. The van der Waals surface area contributed by atoms with Gasteiger partial charge in [-0.05, 0) is 34.5 Å². The third-order valence-corrected chi connectivity index (χ3v) is 5.93. The monoisotopic (exact) mass is 473 g/mol. The van der Waals surface area contributed by atoms with E-state index in [9.17, 15) is 22.0 Å². The lowest BCUT2D eigenvalue weighted by atomic mass is 10.0. The molecule has 8 nitrogen and oxygen atoms in total. The van der Waals surface area contributed by atoms with Gasteiger partial charge in [0, 0.05) is 17.3 Å². The van der Waals surface area contributed by atoms with Crippen LogP contribution in [-0.2, 0) is 10.0 Å². The van der Waals surface area contributed by atoms with Crippen LogP contribution in [0.1, 0.15) is 23.7 Å². The van der Waals surface area contributed by atoms with E-state index in [1.165, 1.54) is 12.3 Å². The lowest BCUT2D eigenvalue weighted by Gasteiger charge is -2.16. The number of H-pyrrole nitrogens is 1. The van der Waals surface area contributed by atoms with Gasteiger partial charge >= 0.3 is 0 Å². The van der Waals surface area contributed by atoms with Crippen LogP contribution in [0, 0.1) is 11.6 Å². The summed E-state index contributed by atoms with van der Waals surface area (Å²) in [6, 6.07) is 2.36. The fourth-order valence-electron chi connectivity index (χ4n) is 2.67. The smallest absolute Gasteiger partial charge is 0.254 e. The zero-order valence-corrected chi connectivity index (χ0v) is 16.8. The summed E-state index contributed by atoms with van der Waals surface area (Å²) in [6.45, 7) is 1.63. The summed E-state index contributed by atoms with van der Waals surface area (Å²) in [5.74, 6) is -4.26. The van der Waals surface area contributed by atoms with Crippen molar-refractivity contribution in [3.8, 4) is 11.1 Å². The van der Waals surface area contributed by atoms with Crippen LogP contribution < -0.4 is 10.5 Å². The average Bonchev–Trinajstić information content (AvgIpc) is 2.97. The molecule has 0 unspecified atom stereocenters. The van der Waals surface area contributed by atoms with Gasteiger partial charge in [-0.3, -0.25) is 14.6 Å². The first-order valence-electron chi connectivity index (χ1n) is 7.97. The summed E-state index contributed by atoms with van der Waals surface area (Å²) in [6.07, 6.45) is 1.55. The van der Waals surface area contributed by atoms with Gasteiger partial charge in [0.05, 0.1) is 16.8 Å². The molecular weight excluding hydrogens is 460 g/mol. The van der Waals surface area contributed by atoms with Crippen molar-refractivity contribution in [2.45, 2.75) is 13.3 Å². The van der Waals surface area contributed by atoms with Crippen LogP contribution in [0.4, 0.5) is 14.5 Å². The second-order valence-electron chi connectivity index (χ2n) is 5.89. The largest absolute Gasteiger partial charge is 0.365 e. The molecule has 0 saturated heterocycles. The summed E-state index contributed by atoms with van der Waals surface area (Å²) in [5, 5.41) is 7.10. The van der Waals surface area contributed by atoms with Crippen molar-refractivity contribution in [2.24, 2.45) is 5.73 Å². The molecule has 0 atom stereocenters. The number of fused-ring (bicyclic) bond motifs is 1. The number of halogens is 3. The Morgan fingerprint density at radius 1 is 1.36 bits per heavy atom. The minimum atomic E-state index is -3.95. The number of anilines is 1. The first kappa shape index (κ1) is 20.1. The number of carbonyl (C=O) groups excluding carboxylic acids is 1. The van der Waals surface area contributed by atoms with Gasteiger partial charge in [-0.25, -0.2) is 22.2 Å². The highest BCUT2D eigenvalue weighted by molar-refractivity contribution is 9.10. The van der Waals surface area contributed by atoms with E-state index in [-0.39, 0.29) is 23.3 Å². The SMILES string of the molecule is CCCS(=O)(=O)Nc1c(-c2cnc3n[nH]c(Br)c3c2)cc(F)c(C(N)=O)c1F. The fraction of sp³-hybridized carbons (Fsp3) is 0.188. The number of aromatic nitrogens is 3. The number of primary amides is 1. The number of benzene rings is 1. The molecule has 3 rings (SSSR count). The van der Waals surface area contributed by atoms with Crippen molar-refractivity contribution in [3.05, 3.63) is 40.1 Å². The van der Waals surface area contributed by atoms with Crippen LogP contribution >= 0.6 is 15.9 Å². The Kier molecular flexibility index (Phi) is 5.35. The molecule has 0 fully saturated rings. The van der Waals surface area contributed by atoms with Crippen molar-refractivity contribution >= 4 is 48.6 Å². The Hall–Kier alpha value is -2.60. The molecule has 0 aliphatic carbocycles. The van der Waals surface area contributed by atoms with E-state index in [1.807, 2.05) is 0 Å². The Balaban J connectivity index is 2.29. The molecule has 0 radical (unpaired) electrons. The summed E-state index contributed by atoms with van der Waals surface area (Å²) in [5.41, 5.74) is 3.85. The summed E-state index contributed by atoms with van der Waals surface area (Å²) >= 11 is 3.24. The quantitative estimate of drug-likeness (QED) is 0.506. The molecule has 0 bridgehead atoms. The number of nitrogens with one attached hydrogen (secondary N) is 2.